The van der Waals surface area contributed by atoms with Crippen molar-refractivity contribution in [3.05, 3.63) is 29.3 Å². The number of aryl methyl sites for hydroxylation is 2. The van der Waals surface area contributed by atoms with E-state index in [1.807, 2.05) is 26.0 Å². The summed E-state index contributed by atoms with van der Waals surface area (Å²) in [5, 5.41) is 3.29. The quantitative estimate of drug-likeness (QED) is 0.395. The highest BCUT2D eigenvalue weighted by molar-refractivity contribution is 7.89. The fourth-order valence-corrected chi connectivity index (χ4v) is 4.59. The monoisotopic (exact) mass is 396 g/mol. The second kappa shape index (κ2) is 10.1. The van der Waals surface area contributed by atoms with Crippen LogP contribution in [0.1, 0.15) is 24.5 Å². The molecule has 1 heterocycles. The SMILES string of the molecule is CCNC(=NCCNS(=O)(=O)c1cc(C)ccc1C)N1CCC(COC)C1. The zero-order valence-corrected chi connectivity index (χ0v) is 17.6. The Kier molecular flexibility index (Phi) is 8.07. The van der Waals surface area contributed by atoms with Gasteiger partial charge in [0.15, 0.2) is 5.96 Å². The molecule has 1 aromatic rings. The first-order chi connectivity index (χ1) is 12.9. The molecule has 1 aliphatic heterocycles. The van der Waals surface area contributed by atoms with Crippen molar-refractivity contribution in [3.63, 3.8) is 0 Å². The van der Waals surface area contributed by atoms with Gasteiger partial charge in [-0.25, -0.2) is 13.1 Å². The van der Waals surface area contributed by atoms with Gasteiger partial charge in [0.1, 0.15) is 0 Å². The van der Waals surface area contributed by atoms with Gasteiger partial charge in [-0.15, -0.1) is 0 Å². The summed E-state index contributed by atoms with van der Waals surface area (Å²) < 4.78 is 33.0. The van der Waals surface area contributed by atoms with E-state index in [1.54, 1.807) is 20.1 Å². The number of hydrogen-bond acceptors (Lipinski definition) is 4. The van der Waals surface area contributed by atoms with Crippen LogP contribution >= 0.6 is 0 Å². The van der Waals surface area contributed by atoms with Gasteiger partial charge in [-0.1, -0.05) is 12.1 Å². The lowest BCUT2D eigenvalue weighted by Crippen LogP contribution is -2.40. The number of methoxy groups -OCH3 is 1. The molecule has 8 heteroatoms. The Hall–Kier alpha value is -1.64. The van der Waals surface area contributed by atoms with Gasteiger partial charge in [0.05, 0.1) is 18.0 Å². The highest BCUT2D eigenvalue weighted by Gasteiger charge is 2.24. The van der Waals surface area contributed by atoms with Gasteiger partial charge in [0.25, 0.3) is 0 Å². The predicted molar refractivity (Wildman–Crippen MR) is 109 cm³/mol. The summed E-state index contributed by atoms with van der Waals surface area (Å²) >= 11 is 0. The summed E-state index contributed by atoms with van der Waals surface area (Å²) in [6, 6.07) is 5.44. The number of ether oxygens (including phenoxy) is 1. The molecule has 0 spiro atoms. The number of aliphatic imine (C=N–C) groups is 1. The van der Waals surface area contributed by atoms with Crippen molar-refractivity contribution in [3.8, 4) is 0 Å². The number of guanidine groups is 1. The van der Waals surface area contributed by atoms with E-state index in [-0.39, 0.29) is 6.54 Å². The highest BCUT2D eigenvalue weighted by Crippen LogP contribution is 2.17. The van der Waals surface area contributed by atoms with Crippen LogP contribution in [0.15, 0.2) is 28.1 Å². The molecule has 2 rings (SSSR count). The van der Waals surface area contributed by atoms with Crippen LogP contribution in [0.4, 0.5) is 0 Å². The fraction of sp³-hybridized carbons (Fsp3) is 0.632. The Morgan fingerprint density at radius 3 is 2.85 bits per heavy atom. The van der Waals surface area contributed by atoms with Crippen LogP contribution < -0.4 is 10.0 Å². The molecule has 1 fully saturated rings. The number of likely N-dealkylation sites (tertiary alicyclic amines) is 1. The van der Waals surface area contributed by atoms with E-state index in [0.29, 0.717) is 17.4 Å². The first-order valence-electron chi connectivity index (χ1n) is 9.46. The zero-order valence-electron chi connectivity index (χ0n) is 16.8. The van der Waals surface area contributed by atoms with Crippen molar-refractivity contribution in [1.82, 2.24) is 14.9 Å². The summed E-state index contributed by atoms with van der Waals surface area (Å²) in [7, 11) is -1.80. The number of benzene rings is 1. The smallest absolute Gasteiger partial charge is 0.240 e. The molecule has 0 amide bonds. The number of rotatable bonds is 8. The van der Waals surface area contributed by atoms with Gasteiger partial charge >= 0.3 is 0 Å². The standard InChI is InChI=1S/C19H32N4O3S/c1-5-20-19(23-11-8-17(13-23)14-26-4)21-9-10-22-27(24,25)18-12-15(2)6-7-16(18)3/h6-7,12,17,22H,5,8-11,13-14H2,1-4H3,(H,20,21). The summed E-state index contributed by atoms with van der Waals surface area (Å²) in [5.41, 5.74) is 1.67. The topological polar surface area (TPSA) is 83.0 Å². The summed E-state index contributed by atoms with van der Waals surface area (Å²) in [6.45, 7) is 9.75. The number of nitrogens with zero attached hydrogens (tertiary/aromatic N) is 2. The van der Waals surface area contributed by atoms with Crippen LogP contribution in [-0.2, 0) is 14.8 Å². The van der Waals surface area contributed by atoms with Crippen LogP contribution in [0.5, 0.6) is 0 Å². The molecule has 7 nitrogen and oxygen atoms in total. The number of hydrogen-bond donors (Lipinski definition) is 2. The Labute approximate surface area is 163 Å². The minimum Gasteiger partial charge on any atom is -0.384 e. The Morgan fingerprint density at radius 1 is 1.37 bits per heavy atom. The third-order valence-corrected chi connectivity index (χ3v) is 6.22. The van der Waals surface area contributed by atoms with Gasteiger partial charge in [0.2, 0.25) is 10.0 Å². The van der Waals surface area contributed by atoms with Crippen LogP contribution in [0.25, 0.3) is 0 Å². The molecule has 1 aromatic carbocycles. The van der Waals surface area contributed by atoms with Crippen molar-refractivity contribution in [1.29, 1.82) is 0 Å². The average Bonchev–Trinajstić information content (AvgIpc) is 3.08. The first kappa shape index (κ1) is 21.7. The molecule has 27 heavy (non-hydrogen) atoms. The van der Waals surface area contributed by atoms with E-state index in [9.17, 15) is 8.42 Å². The van der Waals surface area contributed by atoms with E-state index in [2.05, 4.69) is 19.9 Å². The summed E-state index contributed by atoms with van der Waals surface area (Å²) in [6.07, 6.45) is 1.08. The Bertz CT molecular complexity index is 749. The second-order valence-corrected chi connectivity index (χ2v) is 8.69. The number of sulfonamides is 1. The van der Waals surface area contributed by atoms with Crippen molar-refractivity contribution in [2.24, 2.45) is 10.9 Å². The van der Waals surface area contributed by atoms with E-state index in [1.165, 1.54) is 0 Å². The molecule has 0 saturated carbocycles. The van der Waals surface area contributed by atoms with Crippen molar-refractivity contribution in [2.45, 2.75) is 32.1 Å². The van der Waals surface area contributed by atoms with E-state index < -0.39 is 10.0 Å². The van der Waals surface area contributed by atoms with Gasteiger partial charge < -0.3 is 15.0 Å². The third kappa shape index (κ3) is 6.19. The maximum Gasteiger partial charge on any atom is 0.240 e. The molecule has 0 radical (unpaired) electrons. The molecule has 0 aliphatic carbocycles. The lowest BCUT2D eigenvalue weighted by Gasteiger charge is -2.21. The van der Waals surface area contributed by atoms with Crippen LogP contribution in [0, 0.1) is 19.8 Å². The molecule has 1 atom stereocenters. The van der Waals surface area contributed by atoms with Crippen LogP contribution in [0.2, 0.25) is 0 Å². The molecular weight excluding hydrogens is 364 g/mol. The molecule has 1 saturated heterocycles. The fourth-order valence-electron chi connectivity index (χ4n) is 3.24. The maximum absolute atomic E-state index is 12.5. The van der Waals surface area contributed by atoms with E-state index >= 15 is 0 Å². The minimum atomic E-state index is -3.53. The minimum absolute atomic E-state index is 0.264. The predicted octanol–water partition coefficient (Wildman–Crippen LogP) is 1.52. The Morgan fingerprint density at radius 2 is 2.15 bits per heavy atom. The number of nitrogens with one attached hydrogen (secondary N) is 2. The molecule has 1 aliphatic rings. The van der Waals surface area contributed by atoms with Gasteiger partial charge in [-0.3, -0.25) is 4.99 Å². The third-order valence-electron chi connectivity index (χ3n) is 4.62. The summed E-state index contributed by atoms with van der Waals surface area (Å²) in [5.74, 6) is 1.35. The van der Waals surface area contributed by atoms with Gasteiger partial charge in [-0.2, -0.15) is 0 Å². The molecular formula is C19H32N4O3S. The highest BCUT2D eigenvalue weighted by atomic mass is 32.2. The van der Waals surface area contributed by atoms with E-state index in [4.69, 9.17) is 4.74 Å². The second-order valence-electron chi connectivity index (χ2n) is 6.96. The van der Waals surface area contributed by atoms with Gasteiger partial charge in [0, 0.05) is 39.2 Å². The van der Waals surface area contributed by atoms with Crippen molar-refractivity contribution >= 4 is 16.0 Å². The molecule has 2 N–H and O–H groups in total. The van der Waals surface area contributed by atoms with Crippen LogP contribution in [-0.4, -0.2) is 65.7 Å². The molecule has 1 unspecified atom stereocenters. The normalized spacial score (nSPS) is 18.1. The molecule has 0 bridgehead atoms. The largest absolute Gasteiger partial charge is 0.384 e. The van der Waals surface area contributed by atoms with Crippen molar-refractivity contribution < 1.29 is 13.2 Å². The molecule has 0 aromatic heterocycles. The average molecular weight is 397 g/mol. The summed E-state index contributed by atoms with van der Waals surface area (Å²) in [4.78, 5) is 7.14. The zero-order chi connectivity index (χ0) is 19.9. The van der Waals surface area contributed by atoms with Gasteiger partial charge in [-0.05, 0) is 44.4 Å². The lowest BCUT2D eigenvalue weighted by molar-refractivity contribution is 0.157. The van der Waals surface area contributed by atoms with E-state index in [0.717, 1.165) is 49.7 Å². The molecule has 152 valence electrons. The first-order valence-corrected chi connectivity index (χ1v) is 10.9. The lowest BCUT2D eigenvalue weighted by atomic mass is 10.1. The van der Waals surface area contributed by atoms with Crippen LogP contribution in [0.3, 0.4) is 0 Å². The maximum atomic E-state index is 12.5. The van der Waals surface area contributed by atoms with Crippen molar-refractivity contribution in [2.75, 3.05) is 46.4 Å². The Balaban J connectivity index is 1.94.